The van der Waals surface area contributed by atoms with Gasteiger partial charge in [0.15, 0.2) is 0 Å². The fourth-order valence-electron chi connectivity index (χ4n) is 1.71. The first kappa shape index (κ1) is 13.7. The summed E-state index contributed by atoms with van der Waals surface area (Å²) in [5.74, 6) is -1.00. The van der Waals surface area contributed by atoms with Crippen LogP contribution in [0.1, 0.15) is 30.0 Å². The Balaban J connectivity index is 2.34. The van der Waals surface area contributed by atoms with Crippen LogP contribution in [0.4, 0.5) is 0 Å². The third-order valence-electron chi connectivity index (χ3n) is 2.99. The molecule has 0 radical (unpaired) electrons. The van der Waals surface area contributed by atoms with Crippen LogP contribution in [0.15, 0.2) is 18.2 Å². The lowest BCUT2D eigenvalue weighted by Crippen LogP contribution is -2.20. The predicted molar refractivity (Wildman–Crippen MR) is 69.0 cm³/mol. The van der Waals surface area contributed by atoms with Crippen molar-refractivity contribution < 1.29 is 9.90 Å². The van der Waals surface area contributed by atoms with Gasteiger partial charge in [0, 0.05) is 6.54 Å². The van der Waals surface area contributed by atoms with E-state index in [2.05, 4.69) is 37.4 Å². The smallest absolute Gasteiger partial charge is 0.306 e. The fraction of sp³-hybridized carbons (Fsp3) is 0.500. The summed E-state index contributed by atoms with van der Waals surface area (Å²) in [7, 11) is 0. The molecule has 2 N–H and O–H groups in total. The van der Waals surface area contributed by atoms with E-state index in [9.17, 15) is 4.79 Å². The first-order valence-electron chi connectivity index (χ1n) is 6.00. The molecule has 0 bridgehead atoms. The third kappa shape index (κ3) is 4.57. The normalized spacial score (nSPS) is 12.4. The van der Waals surface area contributed by atoms with Crippen LogP contribution in [0, 0.1) is 19.8 Å². The molecule has 0 amide bonds. The molecular formula is C14H21NO2. The third-order valence-corrected chi connectivity index (χ3v) is 2.99. The lowest BCUT2D eigenvalue weighted by Gasteiger charge is -2.10. The molecular weight excluding hydrogens is 214 g/mol. The van der Waals surface area contributed by atoms with E-state index in [0.717, 1.165) is 13.1 Å². The summed E-state index contributed by atoms with van der Waals surface area (Å²) in [5, 5.41) is 12.0. The van der Waals surface area contributed by atoms with Gasteiger partial charge in [-0.15, -0.1) is 0 Å². The standard InChI is InChI=1S/C14H21NO2/c1-10-4-5-13(12(3)8-10)9-15-7-6-11(2)14(16)17/h4-5,8,11,15H,6-7,9H2,1-3H3,(H,16,17). The predicted octanol–water partition coefficient (Wildman–Crippen LogP) is 2.50. The largest absolute Gasteiger partial charge is 0.481 e. The molecule has 1 atom stereocenters. The molecule has 1 aromatic rings. The molecule has 1 aromatic carbocycles. The molecule has 3 nitrogen and oxygen atoms in total. The van der Waals surface area contributed by atoms with Crippen molar-refractivity contribution in [2.45, 2.75) is 33.7 Å². The van der Waals surface area contributed by atoms with E-state index in [1.54, 1.807) is 6.92 Å². The lowest BCUT2D eigenvalue weighted by molar-refractivity contribution is -0.141. The van der Waals surface area contributed by atoms with Gasteiger partial charge in [0.2, 0.25) is 0 Å². The van der Waals surface area contributed by atoms with Crippen molar-refractivity contribution in [1.29, 1.82) is 0 Å². The molecule has 17 heavy (non-hydrogen) atoms. The molecule has 3 heteroatoms. The molecule has 94 valence electrons. The van der Waals surface area contributed by atoms with Crippen LogP contribution in [-0.2, 0) is 11.3 Å². The van der Waals surface area contributed by atoms with Gasteiger partial charge in [0.1, 0.15) is 0 Å². The van der Waals surface area contributed by atoms with Gasteiger partial charge in [0.25, 0.3) is 0 Å². The number of benzene rings is 1. The topological polar surface area (TPSA) is 49.3 Å². The average molecular weight is 235 g/mol. The Morgan fingerprint density at radius 1 is 1.41 bits per heavy atom. The second kappa shape index (κ2) is 6.40. The van der Waals surface area contributed by atoms with Crippen LogP contribution in [0.25, 0.3) is 0 Å². The first-order chi connectivity index (χ1) is 8.00. The number of hydrogen-bond donors (Lipinski definition) is 2. The molecule has 0 saturated carbocycles. The SMILES string of the molecule is Cc1ccc(CNCCC(C)C(=O)O)c(C)c1. The van der Waals surface area contributed by atoms with Crippen LogP contribution < -0.4 is 5.32 Å². The Kier molecular flexibility index (Phi) is 5.16. The van der Waals surface area contributed by atoms with Gasteiger partial charge in [-0.3, -0.25) is 4.79 Å². The van der Waals surface area contributed by atoms with E-state index in [4.69, 9.17) is 5.11 Å². The number of carbonyl (C=O) groups is 1. The van der Waals surface area contributed by atoms with Crippen molar-refractivity contribution in [1.82, 2.24) is 5.32 Å². The molecule has 0 aliphatic heterocycles. The zero-order valence-corrected chi connectivity index (χ0v) is 10.8. The highest BCUT2D eigenvalue weighted by Gasteiger charge is 2.09. The number of carboxylic acid groups (broad SMARTS) is 1. The summed E-state index contributed by atoms with van der Waals surface area (Å²) in [6, 6.07) is 6.39. The highest BCUT2D eigenvalue weighted by molar-refractivity contribution is 5.69. The van der Waals surface area contributed by atoms with Crippen molar-refractivity contribution in [3.05, 3.63) is 34.9 Å². The molecule has 0 spiro atoms. The number of aliphatic carboxylic acids is 1. The lowest BCUT2D eigenvalue weighted by atomic mass is 10.1. The van der Waals surface area contributed by atoms with E-state index in [1.807, 2.05) is 0 Å². The van der Waals surface area contributed by atoms with E-state index >= 15 is 0 Å². The molecule has 1 unspecified atom stereocenters. The number of carboxylic acids is 1. The van der Waals surface area contributed by atoms with Crippen LogP contribution in [0.3, 0.4) is 0 Å². The van der Waals surface area contributed by atoms with Crippen LogP contribution >= 0.6 is 0 Å². The Hall–Kier alpha value is -1.35. The highest BCUT2D eigenvalue weighted by Crippen LogP contribution is 2.10. The van der Waals surface area contributed by atoms with E-state index in [1.165, 1.54) is 16.7 Å². The van der Waals surface area contributed by atoms with Crippen molar-refractivity contribution in [2.75, 3.05) is 6.54 Å². The Morgan fingerprint density at radius 2 is 2.12 bits per heavy atom. The van der Waals surface area contributed by atoms with Crippen LogP contribution in [-0.4, -0.2) is 17.6 Å². The average Bonchev–Trinajstić information content (AvgIpc) is 2.26. The summed E-state index contributed by atoms with van der Waals surface area (Å²) in [6.07, 6.45) is 0.667. The van der Waals surface area contributed by atoms with E-state index < -0.39 is 5.97 Å². The van der Waals surface area contributed by atoms with Crippen molar-refractivity contribution in [2.24, 2.45) is 5.92 Å². The summed E-state index contributed by atoms with van der Waals surface area (Å²) in [6.45, 7) is 7.46. The molecule has 0 aliphatic carbocycles. The van der Waals surface area contributed by atoms with Gasteiger partial charge in [-0.1, -0.05) is 30.7 Å². The maximum atomic E-state index is 10.6. The quantitative estimate of drug-likeness (QED) is 0.745. The zero-order valence-electron chi connectivity index (χ0n) is 10.8. The Labute approximate surface area is 103 Å². The minimum Gasteiger partial charge on any atom is -0.481 e. The Bertz CT molecular complexity index is 388. The van der Waals surface area contributed by atoms with Crippen molar-refractivity contribution in [3.8, 4) is 0 Å². The maximum absolute atomic E-state index is 10.6. The monoisotopic (exact) mass is 235 g/mol. The van der Waals surface area contributed by atoms with Crippen molar-refractivity contribution in [3.63, 3.8) is 0 Å². The molecule has 1 rings (SSSR count). The van der Waals surface area contributed by atoms with E-state index in [-0.39, 0.29) is 5.92 Å². The first-order valence-corrected chi connectivity index (χ1v) is 6.00. The molecule has 0 saturated heterocycles. The number of nitrogens with one attached hydrogen (secondary N) is 1. The highest BCUT2D eigenvalue weighted by atomic mass is 16.4. The molecule has 0 aromatic heterocycles. The zero-order chi connectivity index (χ0) is 12.8. The number of aryl methyl sites for hydroxylation is 2. The van der Waals surface area contributed by atoms with Gasteiger partial charge in [0.05, 0.1) is 5.92 Å². The minimum atomic E-state index is -0.724. The summed E-state index contributed by atoms with van der Waals surface area (Å²) in [4.78, 5) is 10.6. The van der Waals surface area contributed by atoms with Crippen LogP contribution in [0.2, 0.25) is 0 Å². The minimum absolute atomic E-state index is 0.276. The second-order valence-electron chi connectivity index (χ2n) is 4.63. The van der Waals surface area contributed by atoms with Gasteiger partial charge < -0.3 is 10.4 Å². The summed E-state index contributed by atoms with van der Waals surface area (Å²) < 4.78 is 0. The Morgan fingerprint density at radius 3 is 2.71 bits per heavy atom. The number of rotatable bonds is 6. The van der Waals surface area contributed by atoms with E-state index in [0.29, 0.717) is 6.42 Å². The second-order valence-corrected chi connectivity index (χ2v) is 4.63. The summed E-state index contributed by atoms with van der Waals surface area (Å²) >= 11 is 0. The molecule has 0 heterocycles. The van der Waals surface area contributed by atoms with Crippen LogP contribution in [0.5, 0.6) is 0 Å². The maximum Gasteiger partial charge on any atom is 0.306 e. The summed E-state index contributed by atoms with van der Waals surface area (Å²) in [5.41, 5.74) is 3.83. The molecule has 0 aliphatic rings. The van der Waals surface area contributed by atoms with Gasteiger partial charge in [-0.2, -0.15) is 0 Å². The van der Waals surface area contributed by atoms with Gasteiger partial charge in [-0.05, 0) is 37.9 Å². The van der Waals surface area contributed by atoms with Gasteiger partial charge in [-0.25, -0.2) is 0 Å². The van der Waals surface area contributed by atoms with Gasteiger partial charge >= 0.3 is 5.97 Å². The molecule has 0 fully saturated rings. The number of hydrogen-bond acceptors (Lipinski definition) is 2. The fourth-order valence-corrected chi connectivity index (χ4v) is 1.71. The van der Waals surface area contributed by atoms with Crippen molar-refractivity contribution >= 4 is 5.97 Å².